The molecule has 6 nitrogen and oxygen atoms in total. The zero-order valence-electron chi connectivity index (χ0n) is 16.8. The number of benzene rings is 1. The minimum Gasteiger partial charge on any atom is -0.490 e. The van der Waals surface area contributed by atoms with Crippen LogP contribution in [0.5, 0.6) is 5.75 Å². The molecule has 1 aliphatic heterocycles. The molecule has 0 radical (unpaired) electrons. The topological polar surface area (TPSA) is 67.1 Å². The average Bonchev–Trinajstić information content (AvgIpc) is 3.25. The quantitative estimate of drug-likeness (QED) is 0.453. The minimum atomic E-state index is 0.114. The van der Waals surface area contributed by atoms with Crippen molar-refractivity contribution in [3.05, 3.63) is 53.9 Å². The number of rotatable bonds is 7. The third kappa shape index (κ3) is 4.60. The molecule has 7 heteroatoms. The van der Waals surface area contributed by atoms with Crippen molar-refractivity contribution in [3.8, 4) is 16.9 Å². The Hall–Kier alpha value is -2.57. The molecule has 158 valence electrons. The monoisotopic (exact) mass is 427 g/mol. The number of aliphatic hydroxyl groups is 1. The first-order chi connectivity index (χ1) is 14.7. The van der Waals surface area contributed by atoms with E-state index in [2.05, 4.69) is 4.98 Å². The summed E-state index contributed by atoms with van der Waals surface area (Å²) >= 11 is 6.54. The number of imidazole rings is 1. The van der Waals surface area contributed by atoms with Crippen molar-refractivity contribution >= 4 is 23.2 Å². The van der Waals surface area contributed by atoms with Crippen LogP contribution < -0.4 is 4.74 Å². The number of piperidine rings is 1. The van der Waals surface area contributed by atoms with Crippen LogP contribution in [0.2, 0.25) is 5.15 Å². The number of pyridine rings is 1. The summed E-state index contributed by atoms with van der Waals surface area (Å²) in [5, 5.41) is 9.48. The summed E-state index contributed by atoms with van der Waals surface area (Å²) in [6.07, 6.45) is 7.30. The molecule has 3 aromatic rings. The van der Waals surface area contributed by atoms with E-state index in [0.29, 0.717) is 18.0 Å². The SMILES string of the molecule is O=C(CCCCO)N1CCC(Oc2ccc(-c3ccc4nccn4c3Cl)cc2)CC1. The van der Waals surface area contributed by atoms with Gasteiger partial charge < -0.3 is 14.7 Å². The van der Waals surface area contributed by atoms with E-state index in [1.165, 1.54) is 0 Å². The molecule has 0 bridgehead atoms. The number of hydrogen-bond donors (Lipinski definition) is 1. The van der Waals surface area contributed by atoms with Crippen molar-refractivity contribution < 1.29 is 14.6 Å². The van der Waals surface area contributed by atoms with Crippen molar-refractivity contribution in [1.82, 2.24) is 14.3 Å². The smallest absolute Gasteiger partial charge is 0.222 e. The second-order valence-electron chi connectivity index (χ2n) is 7.60. The summed E-state index contributed by atoms with van der Waals surface area (Å²) in [7, 11) is 0. The number of carbonyl (C=O) groups excluding carboxylic acids is 1. The van der Waals surface area contributed by atoms with Crippen LogP contribution in [0.25, 0.3) is 16.8 Å². The zero-order valence-corrected chi connectivity index (χ0v) is 17.6. The standard InChI is InChI=1S/C23H26ClN3O3/c24-23-20(8-9-21-25-12-15-27(21)23)17-4-6-18(7-5-17)30-19-10-13-26(14-11-19)22(29)3-1-2-16-28/h4-9,12,15,19,28H,1-3,10-11,13-14,16H2. The van der Waals surface area contributed by atoms with E-state index in [9.17, 15) is 4.79 Å². The number of likely N-dealkylation sites (tertiary alicyclic amines) is 1. The Bertz CT molecular complexity index is 995. The number of carbonyl (C=O) groups is 1. The van der Waals surface area contributed by atoms with Gasteiger partial charge in [0, 0.05) is 56.9 Å². The van der Waals surface area contributed by atoms with Gasteiger partial charge in [0.1, 0.15) is 22.7 Å². The molecular weight excluding hydrogens is 402 g/mol. The fourth-order valence-electron chi connectivity index (χ4n) is 3.85. The van der Waals surface area contributed by atoms with Crippen molar-refractivity contribution in [2.45, 2.75) is 38.2 Å². The maximum absolute atomic E-state index is 12.2. The Balaban J connectivity index is 1.33. The molecule has 2 aromatic heterocycles. The van der Waals surface area contributed by atoms with Crippen molar-refractivity contribution in [2.24, 2.45) is 0 Å². The van der Waals surface area contributed by atoms with Crippen LogP contribution in [-0.4, -0.2) is 51.1 Å². The number of unbranched alkanes of at least 4 members (excludes halogenated alkanes) is 1. The molecule has 1 N–H and O–H groups in total. The second-order valence-corrected chi connectivity index (χ2v) is 7.95. The van der Waals surface area contributed by atoms with Crippen LogP contribution in [0.3, 0.4) is 0 Å². The number of amides is 1. The Morgan fingerprint density at radius 2 is 1.90 bits per heavy atom. The molecule has 0 atom stereocenters. The Kier molecular flexibility index (Phi) is 6.55. The highest BCUT2D eigenvalue weighted by Crippen LogP contribution is 2.30. The highest BCUT2D eigenvalue weighted by Gasteiger charge is 2.23. The fourth-order valence-corrected chi connectivity index (χ4v) is 4.17. The number of aliphatic hydroxyl groups excluding tert-OH is 1. The van der Waals surface area contributed by atoms with Gasteiger partial charge in [-0.05, 0) is 42.7 Å². The number of nitrogens with zero attached hydrogens (tertiary/aromatic N) is 3. The van der Waals surface area contributed by atoms with Gasteiger partial charge >= 0.3 is 0 Å². The average molecular weight is 428 g/mol. The van der Waals surface area contributed by atoms with Gasteiger partial charge in [-0.25, -0.2) is 4.98 Å². The largest absolute Gasteiger partial charge is 0.490 e. The third-order valence-electron chi connectivity index (χ3n) is 5.56. The lowest BCUT2D eigenvalue weighted by atomic mass is 10.1. The highest BCUT2D eigenvalue weighted by molar-refractivity contribution is 6.32. The van der Waals surface area contributed by atoms with Gasteiger partial charge in [0.15, 0.2) is 0 Å². The van der Waals surface area contributed by atoms with Crippen LogP contribution in [-0.2, 0) is 4.79 Å². The maximum Gasteiger partial charge on any atom is 0.222 e. The lowest BCUT2D eigenvalue weighted by Crippen LogP contribution is -2.41. The number of aromatic nitrogens is 2. The highest BCUT2D eigenvalue weighted by atomic mass is 35.5. The van der Waals surface area contributed by atoms with Gasteiger partial charge in [-0.3, -0.25) is 9.20 Å². The van der Waals surface area contributed by atoms with E-state index in [1.807, 2.05) is 51.9 Å². The van der Waals surface area contributed by atoms with Crippen LogP contribution in [0, 0.1) is 0 Å². The summed E-state index contributed by atoms with van der Waals surface area (Å²) < 4.78 is 8.00. The predicted molar refractivity (Wildman–Crippen MR) is 117 cm³/mol. The number of halogens is 1. The first-order valence-corrected chi connectivity index (χ1v) is 10.8. The van der Waals surface area contributed by atoms with E-state index in [0.717, 1.165) is 54.9 Å². The Labute approximate surface area is 181 Å². The second kappa shape index (κ2) is 9.49. The van der Waals surface area contributed by atoms with E-state index in [4.69, 9.17) is 21.4 Å². The van der Waals surface area contributed by atoms with Crippen LogP contribution in [0.1, 0.15) is 32.1 Å². The Morgan fingerprint density at radius 3 is 2.63 bits per heavy atom. The number of fused-ring (bicyclic) bond motifs is 1. The van der Waals surface area contributed by atoms with Crippen molar-refractivity contribution in [2.75, 3.05) is 19.7 Å². The van der Waals surface area contributed by atoms with Crippen LogP contribution in [0.4, 0.5) is 0 Å². The molecule has 0 aliphatic carbocycles. The molecule has 0 spiro atoms. The number of hydrogen-bond acceptors (Lipinski definition) is 4. The summed E-state index contributed by atoms with van der Waals surface area (Å²) in [6.45, 7) is 1.59. The van der Waals surface area contributed by atoms with Gasteiger partial charge in [-0.1, -0.05) is 23.7 Å². The van der Waals surface area contributed by atoms with Crippen molar-refractivity contribution in [1.29, 1.82) is 0 Å². The zero-order chi connectivity index (χ0) is 20.9. The van der Waals surface area contributed by atoms with Gasteiger partial charge in [-0.15, -0.1) is 0 Å². The summed E-state index contributed by atoms with van der Waals surface area (Å²) in [4.78, 5) is 18.4. The van der Waals surface area contributed by atoms with Crippen LogP contribution in [0.15, 0.2) is 48.8 Å². The van der Waals surface area contributed by atoms with Gasteiger partial charge in [-0.2, -0.15) is 0 Å². The number of ether oxygens (including phenoxy) is 1. The molecule has 4 rings (SSSR count). The van der Waals surface area contributed by atoms with E-state index in [1.54, 1.807) is 6.20 Å². The van der Waals surface area contributed by atoms with Crippen LogP contribution >= 0.6 is 11.6 Å². The lowest BCUT2D eigenvalue weighted by molar-refractivity contribution is -0.133. The Morgan fingerprint density at radius 1 is 1.13 bits per heavy atom. The van der Waals surface area contributed by atoms with E-state index >= 15 is 0 Å². The lowest BCUT2D eigenvalue weighted by Gasteiger charge is -2.32. The molecule has 1 fully saturated rings. The third-order valence-corrected chi connectivity index (χ3v) is 5.95. The molecule has 0 unspecified atom stereocenters. The van der Waals surface area contributed by atoms with E-state index in [-0.39, 0.29) is 18.6 Å². The minimum absolute atomic E-state index is 0.114. The van der Waals surface area contributed by atoms with E-state index < -0.39 is 0 Å². The maximum atomic E-state index is 12.2. The molecule has 3 heterocycles. The van der Waals surface area contributed by atoms with Gasteiger partial charge in [0.05, 0.1) is 0 Å². The molecule has 30 heavy (non-hydrogen) atoms. The normalized spacial score (nSPS) is 14.9. The fraction of sp³-hybridized carbons (Fsp3) is 0.391. The molecular formula is C23H26ClN3O3. The van der Waals surface area contributed by atoms with Gasteiger partial charge in [0.25, 0.3) is 0 Å². The van der Waals surface area contributed by atoms with Gasteiger partial charge in [0.2, 0.25) is 5.91 Å². The first-order valence-electron chi connectivity index (χ1n) is 10.4. The summed E-state index contributed by atoms with van der Waals surface area (Å²) in [5.74, 6) is 1.00. The predicted octanol–water partition coefficient (Wildman–Crippen LogP) is 4.19. The molecule has 1 aliphatic rings. The summed E-state index contributed by atoms with van der Waals surface area (Å²) in [5.41, 5.74) is 2.79. The first kappa shape index (κ1) is 20.7. The van der Waals surface area contributed by atoms with Crippen molar-refractivity contribution in [3.63, 3.8) is 0 Å². The molecule has 1 amide bonds. The molecule has 1 saturated heterocycles. The molecule has 0 saturated carbocycles. The summed E-state index contributed by atoms with van der Waals surface area (Å²) in [6, 6.07) is 11.9. The molecule has 1 aromatic carbocycles.